The van der Waals surface area contributed by atoms with Crippen LogP contribution in [0.15, 0.2) is 34.9 Å². The van der Waals surface area contributed by atoms with Gasteiger partial charge in [-0.15, -0.1) is 10.2 Å². The molecule has 3 aromatic rings. The predicted octanol–water partition coefficient (Wildman–Crippen LogP) is 3.52. The number of rotatable bonds is 5. The van der Waals surface area contributed by atoms with E-state index < -0.39 is 12.8 Å². The van der Waals surface area contributed by atoms with Gasteiger partial charge < -0.3 is 9.15 Å². The van der Waals surface area contributed by atoms with E-state index in [2.05, 4.69) is 20.0 Å². The Kier molecular flexibility index (Phi) is 4.58. The summed E-state index contributed by atoms with van der Waals surface area (Å²) < 4.78 is 48.4. The van der Waals surface area contributed by atoms with E-state index in [4.69, 9.17) is 4.42 Å². The molecule has 0 aliphatic carbocycles. The molecule has 0 saturated heterocycles. The Bertz CT molecular complexity index is 870. The smallest absolute Gasteiger partial charge is 0.411 e. The Balaban J connectivity index is 1.76. The fraction of sp³-hybridized carbons (Fsp3) is 0.312. The van der Waals surface area contributed by atoms with Crippen LogP contribution in [0, 0.1) is 6.92 Å². The van der Waals surface area contributed by atoms with Crippen molar-refractivity contribution in [2.24, 2.45) is 7.05 Å². The molecular weight excluding hydrogens is 337 g/mol. The molecule has 0 spiro atoms. The topological polar surface area (TPSA) is 66.0 Å². The number of aryl methyl sites for hydroxylation is 2. The molecule has 2 aromatic heterocycles. The van der Waals surface area contributed by atoms with Gasteiger partial charge in [-0.25, -0.2) is 0 Å². The van der Waals surface area contributed by atoms with Crippen LogP contribution in [0.1, 0.15) is 11.3 Å². The van der Waals surface area contributed by atoms with Crippen LogP contribution in [0.3, 0.4) is 0 Å². The van der Waals surface area contributed by atoms with Crippen LogP contribution >= 0.6 is 0 Å². The molecule has 25 heavy (non-hydrogen) atoms. The summed E-state index contributed by atoms with van der Waals surface area (Å²) in [6.45, 7) is 0.385. The highest BCUT2D eigenvalue weighted by Crippen LogP contribution is 2.26. The minimum absolute atomic E-state index is 0.157. The minimum atomic E-state index is -4.35. The van der Waals surface area contributed by atoms with Gasteiger partial charge in [-0.1, -0.05) is 12.1 Å². The molecule has 0 saturated carbocycles. The number of benzene rings is 1. The van der Waals surface area contributed by atoms with Gasteiger partial charge >= 0.3 is 6.18 Å². The summed E-state index contributed by atoms with van der Waals surface area (Å²) in [5.74, 6) is 0.607. The highest BCUT2D eigenvalue weighted by Gasteiger charge is 2.27. The first kappa shape index (κ1) is 17.2. The largest absolute Gasteiger partial charge is 0.416 e. The number of hydrogen-bond acceptors (Lipinski definition) is 5. The number of hydrogen-bond donors (Lipinski definition) is 0. The Hall–Kier alpha value is -2.68. The molecule has 6 nitrogen and oxygen atoms in total. The number of nitrogens with zero attached hydrogens (tertiary/aromatic N) is 4. The van der Waals surface area contributed by atoms with Crippen molar-refractivity contribution in [2.75, 3.05) is 6.61 Å². The van der Waals surface area contributed by atoms with Crippen molar-refractivity contribution in [1.29, 1.82) is 0 Å². The van der Waals surface area contributed by atoms with Crippen LogP contribution in [-0.4, -0.2) is 32.8 Å². The van der Waals surface area contributed by atoms with Crippen molar-refractivity contribution in [3.8, 4) is 22.9 Å². The SMILES string of the molecule is Cc1nn(C)cc1-c1nnc(-c2cccc(COCC(F)(F)F)c2)o1. The molecule has 0 fully saturated rings. The van der Waals surface area contributed by atoms with Crippen molar-refractivity contribution in [3.05, 3.63) is 41.7 Å². The van der Waals surface area contributed by atoms with Crippen molar-refractivity contribution >= 4 is 0 Å². The van der Waals surface area contributed by atoms with Crippen LogP contribution < -0.4 is 0 Å². The van der Waals surface area contributed by atoms with Crippen molar-refractivity contribution in [2.45, 2.75) is 19.7 Å². The maximum absolute atomic E-state index is 12.1. The number of alkyl halides is 3. The molecule has 0 amide bonds. The van der Waals surface area contributed by atoms with Crippen molar-refractivity contribution < 1.29 is 22.3 Å². The Morgan fingerprint density at radius 1 is 1.20 bits per heavy atom. The average Bonchev–Trinajstić information content (AvgIpc) is 3.12. The van der Waals surface area contributed by atoms with Crippen LogP contribution in [0.25, 0.3) is 22.9 Å². The van der Waals surface area contributed by atoms with E-state index in [0.717, 1.165) is 11.3 Å². The normalized spacial score (nSPS) is 11.9. The summed E-state index contributed by atoms with van der Waals surface area (Å²) in [6.07, 6.45) is -2.57. The molecular formula is C16H15F3N4O2. The highest BCUT2D eigenvalue weighted by atomic mass is 19.4. The molecule has 0 bridgehead atoms. The fourth-order valence-corrected chi connectivity index (χ4v) is 2.34. The molecule has 3 rings (SSSR count). The molecule has 0 aliphatic heterocycles. The third kappa shape index (κ3) is 4.24. The molecule has 9 heteroatoms. The van der Waals surface area contributed by atoms with Crippen molar-refractivity contribution in [3.63, 3.8) is 0 Å². The van der Waals surface area contributed by atoms with E-state index in [-0.39, 0.29) is 12.5 Å². The Morgan fingerprint density at radius 3 is 2.64 bits per heavy atom. The maximum atomic E-state index is 12.1. The first-order chi connectivity index (χ1) is 11.8. The monoisotopic (exact) mass is 352 g/mol. The minimum Gasteiger partial charge on any atom is -0.416 e. The number of aromatic nitrogens is 4. The fourth-order valence-electron chi connectivity index (χ4n) is 2.34. The standard InChI is InChI=1S/C16H15F3N4O2/c1-10-13(7-23(2)22-10)15-21-20-14(25-15)12-5-3-4-11(6-12)8-24-9-16(17,18)19/h3-7H,8-9H2,1-2H3. The maximum Gasteiger partial charge on any atom is 0.411 e. The van der Waals surface area contributed by atoms with Crippen LogP contribution in [0.5, 0.6) is 0 Å². The second-order valence-electron chi connectivity index (χ2n) is 5.52. The van der Waals surface area contributed by atoms with E-state index in [1.807, 2.05) is 6.92 Å². The average molecular weight is 352 g/mol. The van der Waals surface area contributed by atoms with E-state index in [9.17, 15) is 13.2 Å². The van der Waals surface area contributed by atoms with Gasteiger partial charge in [0.1, 0.15) is 6.61 Å². The van der Waals surface area contributed by atoms with Crippen molar-refractivity contribution in [1.82, 2.24) is 20.0 Å². The second kappa shape index (κ2) is 6.67. The lowest BCUT2D eigenvalue weighted by Gasteiger charge is -2.08. The van der Waals surface area contributed by atoms with E-state index in [0.29, 0.717) is 17.0 Å². The van der Waals surface area contributed by atoms with E-state index in [1.54, 1.807) is 42.2 Å². The lowest BCUT2D eigenvalue weighted by atomic mass is 10.1. The summed E-state index contributed by atoms with van der Waals surface area (Å²) in [7, 11) is 1.79. The molecule has 2 heterocycles. The Morgan fingerprint density at radius 2 is 1.96 bits per heavy atom. The first-order valence-electron chi connectivity index (χ1n) is 7.40. The molecule has 0 N–H and O–H groups in total. The first-order valence-corrected chi connectivity index (χ1v) is 7.40. The molecule has 1 aromatic carbocycles. The number of halogens is 3. The van der Waals surface area contributed by atoms with Gasteiger partial charge in [-0.3, -0.25) is 4.68 Å². The summed E-state index contributed by atoms with van der Waals surface area (Å²) in [4.78, 5) is 0. The lowest BCUT2D eigenvalue weighted by Crippen LogP contribution is -2.16. The van der Waals surface area contributed by atoms with E-state index in [1.165, 1.54) is 0 Å². The van der Waals surface area contributed by atoms with Gasteiger partial charge in [-0.05, 0) is 24.6 Å². The highest BCUT2D eigenvalue weighted by molar-refractivity contribution is 5.59. The zero-order chi connectivity index (χ0) is 18.0. The molecule has 0 atom stereocenters. The van der Waals surface area contributed by atoms with E-state index >= 15 is 0 Å². The third-order valence-electron chi connectivity index (χ3n) is 3.38. The second-order valence-corrected chi connectivity index (χ2v) is 5.52. The Labute approximate surface area is 141 Å². The van der Waals surface area contributed by atoms with Gasteiger partial charge in [0, 0.05) is 18.8 Å². The van der Waals surface area contributed by atoms with Gasteiger partial charge in [0.25, 0.3) is 5.89 Å². The number of ether oxygens (including phenoxy) is 1. The molecule has 0 aliphatic rings. The summed E-state index contributed by atoms with van der Waals surface area (Å²) >= 11 is 0. The van der Waals surface area contributed by atoms with Gasteiger partial charge in [0.15, 0.2) is 0 Å². The zero-order valence-electron chi connectivity index (χ0n) is 13.5. The molecule has 0 unspecified atom stereocenters. The third-order valence-corrected chi connectivity index (χ3v) is 3.38. The predicted molar refractivity (Wildman–Crippen MR) is 82.4 cm³/mol. The van der Waals surface area contributed by atoms with Gasteiger partial charge in [-0.2, -0.15) is 18.3 Å². The summed E-state index contributed by atoms with van der Waals surface area (Å²) in [6, 6.07) is 6.76. The van der Waals surface area contributed by atoms with Crippen LogP contribution in [0.2, 0.25) is 0 Å². The molecule has 0 radical (unpaired) electrons. The van der Waals surface area contributed by atoms with Gasteiger partial charge in [0.2, 0.25) is 5.89 Å². The van der Waals surface area contributed by atoms with Crippen LogP contribution in [-0.2, 0) is 18.4 Å². The zero-order valence-corrected chi connectivity index (χ0v) is 13.5. The lowest BCUT2D eigenvalue weighted by molar-refractivity contribution is -0.176. The van der Waals surface area contributed by atoms with Gasteiger partial charge in [0.05, 0.1) is 17.9 Å². The molecule has 132 valence electrons. The summed E-state index contributed by atoms with van der Waals surface area (Å²) in [5, 5.41) is 12.2. The quantitative estimate of drug-likeness (QED) is 0.703. The summed E-state index contributed by atoms with van der Waals surface area (Å²) in [5.41, 5.74) is 2.67. The van der Waals surface area contributed by atoms with Crippen LogP contribution in [0.4, 0.5) is 13.2 Å².